The second-order valence-electron chi connectivity index (χ2n) is 9.01. The summed E-state index contributed by atoms with van der Waals surface area (Å²) in [5, 5.41) is 70.8. The minimum atomic E-state index is -1.74. The first-order valence-corrected chi connectivity index (χ1v) is 12.0. The maximum atomic E-state index is 12.3. The molecule has 10 atom stereocenters. The normalized spacial score (nSPS) is 38.6. The van der Waals surface area contributed by atoms with Crippen molar-refractivity contribution in [3.05, 3.63) is 0 Å². The van der Waals surface area contributed by atoms with Gasteiger partial charge in [-0.3, -0.25) is 4.79 Å². The third kappa shape index (κ3) is 7.06. The number of hydrogen-bond donors (Lipinski definition) is 7. The Hall–Kier alpha value is -0.930. The Labute approximate surface area is 199 Å². The summed E-state index contributed by atoms with van der Waals surface area (Å²) in [6.45, 7) is 2.42. The molecule has 12 nitrogen and oxygen atoms in total. The quantitative estimate of drug-likeness (QED) is 0.146. The molecule has 1 amide bonds. The van der Waals surface area contributed by atoms with Gasteiger partial charge in [-0.25, -0.2) is 0 Å². The van der Waals surface area contributed by atoms with Crippen molar-refractivity contribution in [2.24, 2.45) is 0 Å². The van der Waals surface area contributed by atoms with Crippen LogP contribution in [0.25, 0.3) is 0 Å². The first-order chi connectivity index (χ1) is 16.2. The van der Waals surface area contributed by atoms with Crippen molar-refractivity contribution in [2.75, 3.05) is 19.8 Å². The number of carbonyl (C=O) groups excluding carboxylic acids is 1. The number of hydrogen-bond acceptors (Lipinski definition) is 11. The van der Waals surface area contributed by atoms with Crippen LogP contribution in [0.1, 0.15) is 52.4 Å². The number of unbranched alkanes of at least 4 members (excludes halogenated alkanes) is 5. The van der Waals surface area contributed by atoms with Crippen molar-refractivity contribution in [1.29, 1.82) is 0 Å². The highest BCUT2D eigenvalue weighted by Gasteiger charge is 2.51. The van der Waals surface area contributed by atoms with Crippen molar-refractivity contribution in [1.82, 2.24) is 4.90 Å². The third-order valence-electron chi connectivity index (χ3n) is 6.44. The lowest BCUT2D eigenvalue weighted by atomic mass is 9.96. The summed E-state index contributed by atoms with van der Waals surface area (Å²) in [7, 11) is 0. The van der Waals surface area contributed by atoms with Crippen LogP contribution in [0.3, 0.4) is 0 Å². The van der Waals surface area contributed by atoms with Crippen LogP contribution in [0.4, 0.5) is 0 Å². The summed E-state index contributed by atoms with van der Waals surface area (Å²) < 4.78 is 16.6. The lowest BCUT2D eigenvalue weighted by Crippen LogP contribution is -2.67. The van der Waals surface area contributed by atoms with Gasteiger partial charge in [0.15, 0.2) is 12.5 Å². The van der Waals surface area contributed by atoms with Gasteiger partial charge in [-0.1, -0.05) is 39.0 Å². The van der Waals surface area contributed by atoms with Gasteiger partial charge in [-0.05, 0) is 6.42 Å². The van der Waals surface area contributed by atoms with E-state index >= 15 is 0 Å². The highest BCUT2D eigenvalue weighted by atomic mass is 16.7. The van der Waals surface area contributed by atoms with Gasteiger partial charge in [0.1, 0.15) is 48.8 Å². The molecule has 0 aromatic heterocycles. The predicted molar refractivity (Wildman–Crippen MR) is 117 cm³/mol. The summed E-state index contributed by atoms with van der Waals surface area (Å²) in [6, 6.07) is 0. The van der Waals surface area contributed by atoms with E-state index in [0.717, 1.165) is 32.1 Å². The molecule has 2 heterocycles. The van der Waals surface area contributed by atoms with E-state index in [4.69, 9.17) is 14.2 Å². The van der Waals surface area contributed by atoms with Crippen molar-refractivity contribution >= 4 is 5.91 Å². The van der Waals surface area contributed by atoms with E-state index < -0.39 is 74.6 Å². The minimum absolute atomic E-state index is 0.298. The van der Waals surface area contributed by atoms with E-state index in [0.29, 0.717) is 13.0 Å². The second kappa shape index (κ2) is 14.0. The van der Waals surface area contributed by atoms with Crippen LogP contribution in [0, 0.1) is 0 Å². The summed E-state index contributed by atoms with van der Waals surface area (Å²) in [5.74, 6) is -0.366. The van der Waals surface area contributed by atoms with Crippen molar-refractivity contribution in [3.8, 4) is 0 Å². The monoisotopic (exact) mass is 495 g/mol. The zero-order valence-corrected chi connectivity index (χ0v) is 19.8. The van der Waals surface area contributed by atoms with Crippen LogP contribution in [-0.2, 0) is 19.0 Å². The topological polar surface area (TPSA) is 190 Å². The van der Waals surface area contributed by atoms with Gasteiger partial charge in [0.25, 0.3) is 0 Å². The molecule has 0 spiro atoms. The second-order valence-corrected chi connectivity index (χ2v) is 9.01. The van der Waals surface area contributed by atoms with Crippen LogP contribution in [0.2, 0.25) is 0 Å². The third-order valence-corrected chi connectivity index (χ3v) is 6.44. The van der Waals surface area contributed by atoms with Crippen LogP contribution >= 0.6 is 0 Å². The molecule has 0 radical (unpaired) electrons. The maximum absolute atomic E-state index is 12.3. The molecule has 2 aliphatic rings. The van der Waals surface area contributed by atoms with Crippen LogP contribution in [0.5, 0.6) is 0 Å². The van der Waals surface area contributed by atoms with E-state index in [1.54, 1.807) is 0 Å². The number of nitrogens with zero attached hydrogens (tertiary/aromatic N) is 1. The highest BCUT2D eigenvalue weighted by Crippen LogP contribution is 2.30. The molecule has 12 heteroatoms. The Morgan fingerprint density at radius 2 is 1.41 bits per heavy atom. The largest absolute Gasteiger partial charge is 0.394 e. The van der Waals surface area contributed by atoms with Crippen molar-refractivity contribution in [2.45, 2.75) is 114 Å². The van der Waals surface area contributed by atoms with E-state index in [1.165, 1.54) is 11.8 Å². The van der Waals surface area contributed by atoms with Crippen molar-refractivity contribution in [3.63, 3.8) is 0 Å². The molecule has 200 valence electrons. The zero-order chi connectivity index (χ0) is 25.4. The molecule has 34 heavy (non-hydrogen) atoms. The van der Waals surface area contributed by atoms with Gasteiger partial charge >= 0.3 is 0 Å². The fraction of sp³-hybridized carbons (Fsp3) is 0.955. The summed E-state index contributed by atoms with van der Waals surface area (Å²) in [6.07, 6.45) is -8.99. The molecular weight excluding hydrogens is 454 g/mol. The Morgan fingerprint density at radius 1 is 0.794 bits per heavy atom. The Kier molecular flexibility index (Phi) is 12.0. The lowest BCUT2D eigenvalue weighted by molar-refractivity contribution is -0.347. The van der Waals surface area contributed by atoms with Gasteiger partial charge in [0.05, 0.1) is 13.2 Å². The fourth-order valence-corrected chi connectivity index (χ4v) is 4.35. The average molecular weight is 496 g/mol. The molecule has 0 unspecified atom stereocenters. The summed E-state index contributed by atoms with van der Waals surface area (Å²) >= 11 is 0. The van der Waals surface area contributed by atoms with Gasteiger partial charge in [0.2, 0.25) is 5.91 Å². The molecular formula is C22H41NO11. The Balaban J connectivity index is 2.06. The number of aliphatic hydroxyl groups is 7. The molecule has 0 saturated carbocycles. The highest BCUT2D eigenvalue weighted by molar-refractivity contribution is 5.73. The molecule has 7 N–H and O–H groups in total. The zero-order valence-electron chi connectivity index (χ0n) is 19.8. The average Bonchev–Trinajstić information content (AvgIpc) is 2.82. The van der Waals surface area contributed by atoms with Crippen molar-refractivity contribution < 1.29 is 54.8 Å². The number of rotatable bonds is 12. The SMILES string of the molecule is CCCCCCCCN(C(C)=O)[C@@H]1O[C@H](CO)[C@@H](O[C@@H]2O[C@H](CO)[C@H](O)[C@H](O)[C@H]2O)[C@H](O)[C@H]1O. The van der Waals surface area contributed by atoms with E-state index in [1.807, 2.05) is 0 Å². The summed E-state index contributed by atoms with van der Waals surface area (Å²) in [5.41, 5.74) is 0. The molecule has 0 aromatic carbocycles. The molecule has 2 fully saturated rings. The van der Waals surface area contributed by atoms with Gasteiger partial charge < -0.3 is 54.9 Å². The number of amides is 1. The maximum Gasteiger partial charge on any atom is 0.221 e. The molecule has 2 saturated heterocycles. The van der Waals surface area contributed by atoms with Crippen LogP contribution in [-0.4, -0.2) is 128 Å². The molecule has 0 aliphatic carbocycles. The Morgan fingerprint density at radius 3 is 2.00 bits per heavy atom. The van der Waals surface area contributed by atoms with E-state index in [9.17, 15) is 40.5 Å². The smallest absolute Gasteiger partial charge is 0.221 e. The van der Waals surface area contributed by atoms with Crippen LogP contribution in [0.15, 0.2) is 0 Å². The molecule has 2 aliphatic heterocycles. The number of ether oxygens (including phenoxy) is 3. The summed E-state index contributed by atoms with van der Waals surface area (Å²) in [4.78, 5) is 13.6. The predicted octanol–water partition coefficient (Wildman–Crippen LogP) is -2.18. The molecule has 0 bridgehead atoms. The number of aliphatic hydroxyl groups excluding tert-OH is 7. The van der Waals surface area contributed by atoms with E-state index in [-0.39, 0.29) is 5.91 Å². The van der Waals surface area contributed by atoms with Gasteiger partial charge in [-0.2, -0.15) is 0 Å². The fourth-order valence-electron chi connectivity index (χ4n) is 4.35. The lowest BCUT2D eigenvalue weighted by Gasteiger charge is -2.48. The molecule has 0 aromatic rings. The minimum Gasteiger partial charge on any atom is -0.394 e. The number of carbonyl (C=O) groups is 1. The molecule has 2 rings (SSSR count). The van der Waals surface area contributed by atoms with Gasteiger partial charge in [-0.15, -0.1) is 0 Å². The Bertz CT molecular complexity index is 607. The standard InChI is InChI=1S/C22H41NO11/c1-3-4-5-6-7-8-9-23(12(2)26)21-18(30)17(29)20(14(11-25)32-21)34-22-19(31)16(28)15(27)13(10-24)33-22/h13-22,24-25,27-31H,3-11H2,1-2H3/t13-,14-,15+,16+,17-,18-,19-,20-,21-,22+/m1/s1. The van der Waals surface area contributed by atoms with Gasteiger partial charge in [0, 0.05) is 13.5 Å². The first-order valence-electron chi connectivity index (χ1n) is 12.0. The first kappa shape index (κ1) is 29.3. The van der Waals surface area contributed by atoms with E-state index in [2.05, 4.69) is 6.92 Å². The van der Waals surface area contributed by atoms with Crippen LogP contribution < -0.4 is 0 Å².